The number of halogens is 2. The molecule has 0 bridgehead atoms. The van der Waals surface area contributed by atoms with Crippen molar-refractivity contribution in [1.82, 2.24) is 19.7 Å². The second-order valence-electron chi connectivity index (χ2n) is 8.59. The fourth-order valence-corrected chi connectivity index (χ4v) is 4.68. The van der Waals surface area contributed by atoms with Gasteiger partial charge < -0.3 is 26.2 Å². The summed E-state index contributed by atoms with van der Waals surface area (Å²) in [5.41, 5.74) is 6.68. The van der Waals surface area contributed by atoms with Gasteiger partial charge in [-0.1, -0.05) is 41.9 Å². The van der Waals surface area contributed by atoms with Crippen molar-refractivity contribution in [3.8, 4) is 0 Å². The van der Waals surface area contributed by atoms with E-state index in [1.807, 2.05) is 19.0 Å². The van der Waals surface area contributed by atoms with Crippen LogP contribution in [0.25, 0.3) is 10.9 Å². The molecule has 4 N–H and O–H groups in total. The molecule has 3 aromatic rings. The van der Waals surface area contributed by atoms with Crippen LogP contribution >= 0.6 is 11.6 Å². The van der Waals surface area contributed by atoms with Crippen LogP contribution in [-0.4, -0.2) is 65.1 Å². The number of hydrogen-bond donors (Lipinski definition) is 3. The van der Waals surface area contributed by atoms with Crippen molar-refractivity contribution >= 4 is 46.2 Å². The summed E-state index contributed by atoms with van der Waals surface area (Å²) in [5, 5.41) is 6.17. The monoisotopic (exact) mass is 500 g/mol. The molecular weight excluding hydrogens is 475 g/mol. The van der Waals surface area contributed by atoms with Gasteiger partial charge >= 0.3 is 12.1 Å². The topological polar surface area (TPSA) is 113 Å². The molecular formula is C24H26ClFN6O3. The first-order chi connectivity index (χ1) is 16.7. The number of primary amides is 1. The zero-order chi connectivity index (χ0) is 25.3. The van der Waals surface area contributed by atoms with Crippen molar-refractivity contribution in [2.75, 3.05) is 26.0 Å². The molecule has 0 radical (unpaired) electrons. The van der Waals surface area contributed by atoms with Crippen LogP contribution in [0.2, 0.25) is 5.02 Å². The van der Waals surface area contributed by atoms with Crippen LogP contribution < -0.4 is 16.4 Å². The number of amides is 4. The predicted octanol–water partition coefficient (Wildman–Crippen LogP) is 3.21. The van der Waals surface area contributed by atoms with Gasteiger partial charge in [0.2, 0.25) is 5.91 Å². The van der Waals surface area contributed by atoms with Gasteiger partial charge in [-0.2, -0.15) is 0 Å². The van der Waals surface area contributed by atoms with E-state index in [0.29, 0.717) is 29.6 Å². The Balaban J connectivity index is 1.55. The molecule has 0 spiro atoms. The van der Waals surface area contributed by atoms with Crippen LogP contribution in [0.1, 0.15) is 12.0 Å². The molecule has 1 aromatic heterocycles. The van der Waals surface area contributed by atoms with Crippen LogP contribution in [0.5, 0.6) is 0 Å². The fourth-order valence-electron chi connectivity index (χ4n) is 4.48. The van der Waals surface area contributed by atoms with Crippen LogP contribution in [0.15, 0.2) is 48.7 Å². The second kappa shape index (κ2) is 9.93. The molecule has 2 atom stereocenters. The fraction of sp³-hybridized carbons (Fsp3) is 0.292. The highest BCUT2D eigenvalue weighted by molar-refractivity contribution is 6.30. The first kappa shape index (κ1) is 24.5. The number of nitrogens with one attached hydrogen (secondary N) is 2. The summed E-state index contributed by atoms with van der Waals surface area (Å²) in [6.45, 7) is 0.274. The first-order valence-electron chi connectivity index (χ1n) is 11.0. The molecule has 1 aliphatic heterocycles. The Morgan fingerprint density at radius 3 is 2.63 bits per heavy atom. The molecule has 9 nitrogen and oxygen atoms in total. The lowest BCUT2D eigenvalue weighted by molar-refractivity contribution is -0.126. The molecule has 1 aliphatic rings. The van der Waals surface area contributed by atoms with Crippen LogP contribution in [0.3, 0.4) is 0 Å². The largest absolute Gasteiger partial charge is 0.351 e. The van der Waals surface area contributed by atoms with E-state index in [4.69, 9.17) is 17.3 Å². The van der Waals surface area contributed by atoms with Crippen molar-refractivity contribution in [1.29, 1.82) is 0 Å². The normalized spacial score (nSPS) is 17.7. The van der Waals surface area contributed by atoms with E-state index in [1.165, 1.54) is 21.7 Å². The minimum absolute atomic E-state index is 0.0279. The van der Waals surface area contributed by atoms with E-state index in [9.17, 15) is 18.8 Å². The van der Waals surface area contributed by atoms with Gasteiger partial charge in [-0.15, -0.1) is 0 Å². The average Bonchev–Trinajstić information content (AvgIpc) is 3.43. The predicted molar refractivity (Wildman–Crippen MR) is 132 cm³/mol. The zero-order valence-corrected chi connectivity index (χ0v) is 20.1. The number of likely N-dealkylation sites (N-methyl/N-ethyl adjacent to an activating group) is 1. The van der Waals surface area contributed by atoms with Crippen molar-refractivity contribution in [2.45, 2.75) is 25.0 Å². The van der Waals surface area contributed by atoms with Gasteiger partial charge in [0.15, 0.2) is 0 Å². The number of para-hydroxylation sites is 1. The van der Waals surface area contributed by atoms with E-state index < -0.39 is 29.8 Å². The van der Waals surface area contributed by atoms with E-state index in [2.05, 4.69) is 10.6 Å². The number of carbonyl (C=O) groups excluding carboxylic acids is 3. The van der Waals surface area contributed by atoms with Crippen LogP contribution in [0, 0.1) is 5.82 Å². The summed E-state index contributed by atoms with van der Waals surface area (Å²) < 4.78 is 15.5. The number of aromatic nitrogens is 1. The molecule has 0 saturated carbocycles. The number of hydrogen-bond acceptors (Lipinski definition) is 4. The lowest BCUT2D eigenvalue weighted by Crippen LogP contribution is -2.54. The Labute approximate surface area is 206 Å². The molecule has 4 amide bonds. The van der Waals surface area contributed by atoms with Crippen molar-refractivity contribution in [3.63, 3.8) is 0 Å². The van der Waals surface area contributed by atoms with Gasteiger partial charge in [0.25, 0.3) is 0 Å². The van der Waals surface area contributed by atoms with Crippen molar-refractivity contribution < 1.29 is 18.8 Å². The third kappa shape index (κ3) is 4.80. The standard InChI is InChI=1S/C24H26ClFN6O3/c1-30(2)19-10-11-31(21(19)22(33)28-12-14-6-5-8-16(25)20(14)26)24(35)29-17-13-32(23(27)34)18-9-4-3-7-15(17)18/h3-9,13,19,21H,10-12H2,1-2H3,(H2,27,34)(H,28,33)(H,29,35)/t19-,21+/m1/s1. The highest BCUT2D eigenvalue weighted by Gasteiger charge is 2.43. The Morgan fingerprint density at radius 2 is 1.91 bits per heavy atom. The van der Waals surface area contributed by atoms with E-state index in [1.54, 1.807) is 36.4 Å². The number of anilines is 1. The minimum atomic E-state index is -0.809. The molecule has 0 aliphatic carbocycles. The first-order valence-corrected chi connectivity index (χ1v) is 11.4. The number of urea groups is 1. The third-order valence-electron chi connectivity index (χ3n) is 6.23. The Morgan fingerprint density at radius 1 is 1.17 bits per heavy atom. The highest BCUT2D eigenvalue weighted by atomic mass is 35.5. The maximum atomic E-state index is 14.3. The van der Waals surface area contributed by atoms with Crippen molar-refractivity contribution in [2.24, 2.45) is 5.73 Å². The Kier molecular flexibility index (Phi) is 6.95. The minimum Gasteiger partial charge on any atom is -0.351 e. The number of nitrogens with two attached hydrogens (primary N) is 1. The van der Waals surface area contributed by atoms with Crippen LogP contribution in [-0.2, 0) is 11.3 Å². The van der Waals surface area contributed by atoms with Gasteiger partial charge in [-0.25, -0.2) is 14.0 Å². The lowest BCUT2D eigenvalue weighted by atomic mass is 10.1. The van der Waals surface area contributed by atoms with Crippen molar-refractivity contribution in [3.05, 3.63) is 65.1 Å². The summed E-state index contributed by atoms with van der Waals surface area (Å²) in [4.78, 5) is 41.7. The molecule has 1 saturated heterocycles. The third-order valence-corrected chi connectivity index (χ3v) is 6.53. The van der Waals surface area contributed by atoms with E-state index in [-0.39, 0.29) is 23.2 Å². The maximum Gasteiger partial charge on any atom is 0.323 e. The molecule has 184 valence electrons. The van der Waals surface area contributed by atoms with Gasteiger partial charge in [-0.05, 0) is 32.6 Å². The molecule has 2 heterocycles. The molecule has 11 heteroatoms. The summed E-state index contributed by atoms with van der Waals surface area (Å²) in [6, 6.07) is 9.39. The highest BCUT2D eigenvalue weighted by Crippen LogP contribution is 2.28. The number of fused-ring (bicyclic) bond motifs is 1. The Hall–Kier alpha value is -3.63. The molecule has 1 fully saturated rings. The Bertz CT molecular complexity index is 1290. The van der Waals surface area contributed by atoms with Gasteiger partial charge in [0.1, 0.15) is 11.9 Å². The second-order valence-corrected chi connectivity index (χ2v) is 8.99. The SMILES string of the molecule is CN(C)[C@@H]1CCN(C(=O)Nc2cn(C(N)=O)c3ccccc23)[C@@H]1C(=O)NCc1cccc(Cl)c1F. The number of carbonyl (C=O) groups is 3. The zero-order valence-electron chi connectivity index (χ0n) is 19.3. The average molecular weight is 501 g/mol. The van der Waals surface area contributed by atoms with E-state index in [0.717, 1.165) is 0 Å². The van der Waals surface area contributed by atoms with Crippen LogP contribution in [0.4, 0.5) is 19.7 Å². The van der Waals surface area contributed by atoms with Gasteiger partial charge in [0.05, 0.1) is 16.2 Å². The number of nitrogens with zero attached hydrogens (tertiary/aromatic N) is 3. The molecule has 2 aromatic carbocycles. The maximum absolute atomic E-state index is 14.3. The van der Waals surface area contributed by atoms with E-state index >= 15 is 0 Å². The number of likely N-dealkylation sites (tertiary alicyclic amines) is 1. The summed E-state index contributed by atoms with van der Waals surface area (Å²) >= 11 is 5.84. The summed E-state index contributed by atoms with van der Waals surface area (Å²) in [7, 11) is 3.67. The summed E-state index contributed by atoms with van der Waals surface area (Å²) in [6.07, 6.45) is 2.04. The van der Waals surface area contributed by atoms with Gasteiger partial charge in [0, 0.05) is 36.3 Å². The van der Waals surface area contributed by atoms with Gasteiger partial charge in [-0.3, -0.25) is 9.36 Å². The number of benzene rings is 2. The quantitative estimate of drug-likeness (QED) is 0.499. The molecule has 4 rings (SSSR count). The molecule has 35 heavy (non-hydrogen) atoms. The smallest absolute Gasteiger partial charge is 0.323 e. The lowest BCUT2D eigenvalue weighted by Gasteiger charge is -2.30. The molecule has 0 unspecified atom stereocenters. The number of rotatable bonds is 5. The summed E-state index contributed by atoms with van der Waals surface area (Å²) in [5.74, 6) is -0.999.